The van der Waals surface area contributed by atoms with Crippen LogP contribution in [0.4, 0.5) is 22.7 Å². The Hall–Kier alpha value is -5.88. The van der Waals surface area contributed by atoms with Crippen LogP contribution < -0.4 is 20.1 Å². The fraction of sp³-hybridized carbons (Fsp3) is 0.0526. The van der Waals surface area contributed by atoms with Crippen LogP contribution in [0.3, 0.4) is 0 Å². The van der Waals surface area contributed by atoms with Crippen molar-refractivity contribution < 1.29 is 18.3 Å². The van der Waals surface area contributed by atoms with Gasteiger partial charge in [0.05, 0.1) is 11.4 Å². The number of hydrogen-bond donors (Lipinski definition) is 2. The quantitative estimate of drug-likeness (QED) is 0.167. The van der Waals surface area contributed by atoms with E-state index in [1.165, 1.54) is 0 Å². The van der Waals surface area contributed by atoms with Crippen molar-refractivity contribution in [2.75, 3.05) is 23.8 Å². The Morgan fingerprint density at radius 2 is 0.818 bits per heavy atom. The molecule has 0 bridgehead atoms. The van der Waals surface area contributed by atoms with Crippen molar-refractivity contribution in [3.63, 3.8) is 0 Å². The van der Waals surface area contributed by atoms with Gasteiger partial charge in [0, 0.05) is 32.9 Å². The van der Waals surface area contributed by atoms with Gasteiger partial charge in [0.15, 0.2) is 11.2 Å². The average molecular weight is 577 g/mol. The van der Waals surface area contributed by atoms with Crippen molar-refractivity contribution in [3.8, 4) is 11.5 Å². The van der Waals surface area contributed by atoms with E-state index in [-0.39, 0.29) is 0 Å². The van der Waals surface area contributed by atoms with Crippen LogP contribution in [0.25, 0.3) is 43.9 Å². The zero-order valence-electron chi connectivity index (χ0n) is 23.7. The van der Waals surface area contributed by atoms with E-state index < -0.39 is 0 Å². The molecule has 2 N–H and O–H groups in total. The lowest BCUT2D eigenvalue weighted by atomic mass is 10.1. The number of fused-ring (bicyclic) bond motifs is 6. The standard InChI is InChI=1S/C38H28N2O4/c1-3-13-35-29(7-1)31-9-5-11-33(37(31)43-35)39-25-15-19-27(20-16-25)41-23-24-42-28-21-17-26(18-22-28)40-34-12-6-10-32-30-8-2-4-14-36(30)44-38(32)34/h1-22,39-40H,23-24H2. The Morgan fingerprint density at radius 1 is 0.409 bits per heavy atom. The summed E-state index contributed by atoms with van der Waals surface area (Å²) in [5.74, 6) is 1.56. The van der Waals surface area contributed by atoms with E-state index in [0.29, 0.717) is 13.2 Å². The number of nitrogens with one attached hydrogen (secondary N) is 2. The number of ether oxygens (including phenoxy) is 2. The van der Waals surface area contributed by atoms with Gasteiger partial charge in [0.2, 0.25) is 0 Å². The van der Waals surface area contributed by atoms with E-state index in [1.54, 1.807) is 0 Å². The van der Waals surface area contributed by atoms with Gasteiger partial charge in [-0.15, -0.1) is 0 Å². The molecule has 44 heavy (non-hydrogen) atoms. The molecule has 0 saturated carbocycles. The minimum atomic E-state index is 0.430. The van der Waals surface area contributed by atoms with Crippen LogP contribution in [0.1, 0.15) is 0 Å². The summed E-state index contributed by atoms with van der Waals surface area (Å²) < 4.78 is 24.1. The van der Waals surface area contributed by atoms with Crippen LogP contribution in [0, 0.1) is 0 Å². The lowest BCUT2D eigenvalue weighted by Crippen LogP contribution is -2.09. The number of anilines is 4. The number of hydrogen-bond acceptors (Lipinski definition) is 6. The first-order valence-corrected chi connectivity index (χ1v) is 14.6. The molecule has 0 saturated heterocycles. The molecule has 0 amide bonds. The summed E-state index contributed by atoms with van der Waals surface area (Å²) in [6, 6.07) is 44.3. The predicted molar refractivity (Wildman–Crippen MR) is 178 cm³/mol. The molecule has 214 valence electrons. The highest BCUT2D eigenvalue weighted by Crippen LogP contribution is 2.36. The molecular weight excluding hydrogens is 548 g/mol. The highest BCUT2D eigenvalue weighted by molar-refractivity contribution is 6.10. The van der Waals surface area contributed by atoms with E-state index in [1.807, 2.05) is 109 Å². The highest BCUT2D eigenvalue weighted by Gasteiger charge is 2.12. The maximum atomic E-state index is 6.13. The third-order valence-electron chi connectivity index (χ3n) is 7.70. The van der Waals surface area contributed by atoms with Crippen molar-refractivity contribution in [2.45, 2.75) is 0 Å². The van der Waals surface area contributed by atoms with Gasteiger partial charge >= 0.3 is 0 Å². The third kappa shape index (κ3) is 4.92. The van der Waals surface area contributed by atoms with Gasteiger partial charge in [-0.3, -0.25) is 0 Å². The van der Waals surface area contributed by atoms with Crippen molar-refractivity contribution in [1.82, 2.24) is 0 Å². The van der Waals surface area contributed by atoms with Crippen LogP contribution in [0.5, 0.6) is 11.5 Å². The molecule has 6 nitrogen and oxygen atoms in total. The Kier molecular flexibility index (Phi) is 6.50. The summed E-state index contributed by atoms with van der Waals surface area (Å²) in [5, 5.41) is 11.4. The number of furan rings is 2. The second kappa shape index (κ2) is 11.1. The summed E-state index contributed by atoms with van der Waals surface area (Å²) in [6.45, 7) is 0.859. The molecule has 6 aromatic carbocycles. The van der Waals surface area contributed by atoms with Gasteiger partial charge < -0.3 is 28.9 Å². The van der Waals surface area contributed by atoms with E-state index in [4.69, 9.17) is 18.3 Å². The van der Waals surface area contributed by atoms with Crippen LogP contribution in [0.2, 0.25) is 0 Å². The zero-order valence-corrected chi connectivity index (χ0v) is 23.7. The topological polar surface area (TPSA) is 68.8 Å². The van der Waals surface area contributed by atoms with Crippen LogP contribution in [-0.2, 0) is 0 Å². The molecule has 6 heteroatoms. The van der Waals surface area contributed by atoms with Crippen molar-refractivity contribution in [3.05, 3.63) is 133 Å². The van der Waals surface area contributed by atoms with E-state index >= 15 is 0 Å². The van der Waals surface area contributed by atoms with Crippen LogP contribution >= 0.6 is 0 Å². The maximum absolute atomic E-state index is 6.13. The molecular formula is C38H28N2O4. The van der Waals surface area contributed by atoms with E-state index in [9.17, 15) is 0 Å². The Bertz CT molecular complexity index is 2070. The van der Waals surface area contributed by atoms with Gasteiger partial charge in [-0.05, 0) is 72.8 Å². The van der Waals surface area contributed by atoms with Gasteiger partial charge in [-0.25, -0.2) is 0 Å². The molecule has 0 radical (unpaired) electrons. The molecule has 0 aliphatic rings. The molecule has 0 aliphatic carbocycles. The zero-order chi connectivity index (χ0) is 29.3. The number of para-hydroxylation sites is 4. The molecule has 0 fully saturated rings. The molecule has 0 aliphatic heterocycles. The van der Waals surface area contributed by atoms with Gasteiger partial charge in [-0.1, -0.05) is 60.7 Å². The fourth-order valence-electron chi connectivity index (χ4n) is 5.59. The summed E-state index contributed by atoms with van der Waals surface area (Å²) in [4.78, 5) is 0. The summed E-state index contributed by atoms with van der Waals surface area (Å²) in [5.41, 5.74) is 7.21. The minimum Gasteiger partial charge on any atom is -0.490 e. The molecule has 8 rings (SSSR count). The van der Waals surface area contributed by atoms with Gasteiger partial charge in [0.1, 0.15) is 35.9 Å². The summed E-state index contributed by atoms with van der Waals surface area (Å²) in [6.07, 6.45) is 0. The normalized spacial score (nSPS) is 11.4. The lowest BCUT2D eigenvalue weighted by molar-refractivity contribution is 0.217. The number of benzene rings is 6. The average Bonchev–Trinajstić information content (AvgIpc) is 3.65. The van der Waals surface area contributed by atoms with E-state index in [0.717, 1.165) is 78.1 Å². The summed E-state index contributed by atoms with van der Waals surface area (Å²) >= 11 is 0. The fourth-order valence-corrected chi connectivity index (χ4v) is 5.59. The molecule has 0 unspecified atom stereocenters. The lowest BCUT2D eigenvalue weighted by Gasteiger charge is -2.11. The first-order valence-electron chi connectivity index (χ1n) is 14.6. The van der Waals surface area contributed by atoms with E-state index in [2.05, 4.69) is 34.9 Å². The molecule has 2 heterocycles. The van der Waals surface area contributed by atoms with Crippen LogP contribution in [-0.4, -0.2) is 13.2 Å². The molecule has 0 spiro atoms. The molecule has 2 aromatic heterocycles. The Labute approximate surface area is 253 Å². The first kappa shape index (κ1) is 25.8. The van der Waals surface area contributed by atoms with Gasteiger partial charge in [-0.2, -0.15) is 0 Å². The maximum Gasteiger partial charge on any atom is 0.158 e. The predicted octanol–water partition coefficient (Wildman–Crippen LogP) is 10.4. The van der Waals surface area contributed by atoms with Crippen molar-refractivity contribution >= 4 is 66.6 Å². The Morgan fingerprint density at radius 3 is 1.27 bits per heavy atom. The largest absolute Gasteiger partial charge is 0.490 e. The second-order valence-electron chi connectivity index (χ2n) is 10.6. The smallest absolute Gasteiger partial charge is 0.158 e. The van der Waals surface area contributed by atoms with Crippen molar-refractivity contribution in [1.29, 1.82) is 0 Å². The first-order chi connectivity index (χ1) is 21.8. The van der Waals surface area contributed by atoms with Gasteiger partial charge in [0.25, 0.3) is 0 Å². The highest BCUT2D eigenvalue weighted by atomic mass is 16.5. The third-order valence-corrected chi connectivity index (χ3v) is 7.70. The summed E-state index contributed by atoms with van der Waals surface area (Å²) in [7, 11) is 0. The SMILES string of the molecule is c1ccc2c(c1)oc1c(Nc3ccc(OCCOc4ccc(Nc5cccc6c5oc5ccccc56)cc4)cc3)cccc12. The minimum absolute atomic E-state index is 0.430. The monoisotopic (exact) mass is 576 g/mol. The van der Waals surface area contributed by atoms with Crippen molar-refractivity contribution in [2.24, 2.45) is 0 Å². The molecule has 0 atom stereocenters. The Balaban J connectivity index is 0.854. The number of rotatable bonds is 9. The second-order valence-corrected chi connectivity index (χ2v) is 10.6. The molecule has 8 aromatic rings. The van der Waals surface area contributed by atoms with Crippen LogP contribution in [0.15, 0.2) is 142 Å².